The molecule has 0 saturated carbocycles. The summed E-state index contributed by atoms with van der Waals surface area (Å²) in [6, 6.07) is 17.6. The number of hydrogen-bond donors (Lipinski definition) is 1. The minimum absolute atomic E-state index is 0.714. The normalized spacial score (nSPS) is 10.8. The second-order valence-corrected chi connectivity index (χ2v) is 5.61. The molecule has 2 aromatic carbocycles. The van der Waals surface area contributed by atoms with Crippen LogP contribution in [-0.4, -0.2) is 27.1 Å². The van der Waals surface area contributed by atoms with Crippen LogP contribution in [0.4, 0.5) is 5.69 Å². The van der Waals surface area contributed by atoms with Crippen molar-refractivity contribution in [3.63, 3.8) is 0 Å². The highest BCUT2D eigenvalue weighted by molar-refractivity contribution is 5.78. The molecule has 0 saturated heterocycles. The lowest BCUT2D eigenvalue weighted by atomic mass is 10.2. The molecule has 2 heterocycles. The molecule has 4 rings (SSSR count). The van der Waals surface area contributed by atoms with Crippen molar-refractivity contribution in [1.29, 1.82) is 0 Å². The Bertz CT molecular complexity index is 980. The van der Waals surface area contributed by atoms with Crippen LogP contribution in [-0.2, 0) is 6.54 Å². The van der Waals surface area contributed by atoms with Crippen LogP contribution >= 0.6 is 0 Å². The number of fused-ring (bicyclic) bond motifs is 1. The molecule has 2 aromatic heterocycles. The number of benzene rings is 2. The Balaban J connectivity index is 1.56. The van der Waals surface area contributed by atoms with E-state index in [0.29, 0.717) is 6.54 Å². The number of nitrogens with zero attached hydrogens (tertiary/aromatic N) is 4. The highest BCUT2D eigenvalue weighted by Crippen LogP contribution is 2.19. The monoisotopic (exact) mass is 331 g/mol. The minimum atomic E-state index is 0.714. The SMILES string of the molecule is COc1ccc(-n2nc3ccc(NCc4cccnc4)cc3n2)cc1. The van der Waals surface area contributed by atoms with Crippen LogP contribution in [0.25, 0.3) is 16.7 Å². The molecule has 0 aliphatic carbocycles. The van der Waals surface area contributed by atoms with Gasteiger partial charge in [0.15, 0.2) is 0 Å². The van der Waals surface area contributed by atoms with Gasteiger partial charge in [-0.05, 0) is 54.1 Å². The first-order valence-electron chi connectivity index (χ1n) is 7.96. The van der Waals surface area contributed by atoms with Crippen molar-refractivity contribution in [3.05, 3.63) is 72.6 Å². The second kappa shape index (κ2) is 6.60. The Labute approximate surface area is 145 Å². The van der Waals surface area contributed by atoms with Crippen molar-refractivity contribution in [3.8, 4) is 11.4 Å². The van der Waals surface area contributed by atoms with Crippen molar-refractivity contribution in [2.45, 2.75) is 6.54 Å². The van der Waals surface area contributed by atoms with E-state index >= 15 is 0 Å². The van der Waals surface area contributed by atoms with Crippen LogP contribution in [0, 0.1) is 0 Å². The molecule has 1 N–H and O–H groups in total. The molecule has 6 nitrogen and oxygen atoms in total. The molecule has 0 atom stereocenters. The lowest BCUT2D eigenvalue weighted by Gasteiger charge is -2.05. The number of anilines is 1. The molecule has 0 amide bonds. The van der Waals surface area contributed by atoms with Gasteiger partial charge in [0.05, 0.1) is 12.8 Å². The van der Waals surface area contributed by atoms with Gasteiger partial charge in [0, 0.05) is 24.6 Å². The fraction of sp³-hybridized carbons (Fsp3) is 0.105. The van der Waals surface area contributed by atoms with Crippen LogP contribution in [0.15, 0.2) is 67.0 Å². The lowest BCUT2D eigenvalue weighted by molar-refractivity contribution is 0.414. The van der Waals surface area contributed by atoms with Gasteiger partial charge in [-0.3, -0.25) is 4.98 Å². The molecule has 6 heteroatoms. The summed E-state index contributed by atoms with van der Waals surface area (Å²) in [6.45, 7) is 0.714. The molecule has 0 aliphatic heterocycles. The summed E-state index contributed by atoms with van der Waals surface area (Å²) in [5.41, 5.74) is 4.71. The Hall–Kier alpha value is -3.41. The first-order chi connectivity index (χ1) is 12.3. The molecular formula is C19H17N5O. The molecule has 25 heavy (non-hydrogen) atoms. The molecule has 0 radical (unpaired) electrons. The van der Waals surface area contributed by atoms with Crippen LogP contribution in [0.2, 0.25) is 0 Å². The van der Waals surface area contributed by atoms with E-state index in [1.165, 1.54) is 0 Å². The van der Waals surface area contributed by atoms with Crippen LogP contribution in [0.3, 0.4) is 0 Å². The van der Waals surface area contributed by atoms with Gasteiger partial charge < -0.3 is 10.1 Å². The van der Waals surface area contributed by atoms with Crippen LogP contribution in [0.1, 0.15) is 5.56 Å². The van der Waals surface area contributed by atoms with Crippen LogP contribution in [0.5, 0.6) is 5.75 Å². The fourth-order valence-electron chi connectivity index (χ4n) is 2.56. The summed E-state index contributed by atoms with van der Waals surface area (Å²) in [5, 5.41) is 12.5. The topological polar surface area (TPSA) is 64.9 Å². The van der Waals surface area contributed by atoms with E-state index in [1.54, 1.807) is 18.1 Å². The van der Waals surface area contributed by atoms with E-state index in [1.807, 2.05) is 60.8 Å². The lowest BCUT2D eigenvalue weighted by Crippen LogP contribution is -1.99. The predicted octanol–water partition coefficient (Wildman–Crippen LogP) is 3.44. The van der Waals surface area contributed by atoms with Gasteiger partial charge >= 0.3 is 0 Å². The van der Waals surface area contributed by atoms with E-state index in [9.17, 15) is 0 Å². The third-order valence-electron chi connectivity index (χ3n) is 3.90. The Morgan fingerprint density at radius 3 is 2.60 bits per heavy atom. The van der Waals surface area contributed by atoms with E-state index < -0.39 is 0 Å². The van der Waals surface area contributed by atoms with Gasteiger partial charge in [-0.1, -0.05) is 6.07 Å². The molecule has 0 unspecified atom stereocenters. The van der Waals surface area contributed by atoms with Gasteiger partial charge in [0.1, 0.15) is 16.8 Å². The largest absolute Gasteiger partial charge is 0.497 e. The first kappa shape index (κ1) is 15.1. The summed E-state index contributed by atoms with van der Waals surface area (Å²) in [5.74, 6) is 0.808. The third-order valence-corrected chi connectivity index (χ3v) is 3.90. The average Bonchev–Trinajstić information content (AvgIpc) is 3.10. The van der Waals surface area contributed by atoms with Crippen molar-refractivity contribution >= 4 is 16.7 Å². The highest BCUT2D eigenvalue weighted by Gasteiger charge is 2.06. The number of ether oxygens (including phenoxy) is 1. The van der Waals surface area contributed by atoms with Crippen molar-refractivity contribution < 1.29 is 4.74 Å². The zero-order chi connectivity index (χ0) is 17.1. The van der Waals surface area contributed by atoms with Crippen LogP contribution < -0.4 is 10.1 Å². The molecule has 0 bridgehead atoms. The van der Waals surface area contributed by atoms with Gasteiger partial charge in [0.2, 0.25) is 0 Å². The number of hydrogen-bond acceptors (Lipinski definition) is 5. The summed E-state index contributed by atoms with van der Waals surface area (Å²) >= 11 is 0. The van der Waals surface area contributed by atoms with Gasteiger partial charge in [-0.25, -0.2) is 0 Å². The second-order valence-electron chi connectivity index (χ2n) is 5.61. The average molecular weight is 331 g/mol. The van der Waals surface area contributed by atoms with E-state index in [2.05, 4.69) is 20.5 Å². The summed E-state index contributed by atoms with van der Waals surface area (Å²) < 4.78 is 5.18. The summed E-state index contributed by atoms with van der Waals surface area (Å²) in [4.78, 5) is 5.76. The Morgan fingerprint density at radius 1 is 1.00 bits per heavy atom. The maximum atomic E-state index is 5.18. The number of methoxy groups -OCH3 is 1. The number of rotatable bonds is 5. The fourth-order valence-corrected chi connectivity index (χ4v) is 2.56. The van der Waals surface area contributed by atoms with E-state index in [-0.39, 0.29) is 0 Å². The number of aromatic nitrogens is 4. The Kier molecular flexibility index (Phi) is 4.00. The maximum Gasteiger partial charge on any atom is 0.119 e. The molecule has 0 aliphatic rings. The minimum Gasteiger partial charge on any atom is -0.497 e. The Morgan fingerprint density at radius 2 is 1.84 bits per heavy atom. The predicted molar refractivity (Wildman–Crippen MR) is 97.0 cm³/mol. The van der Waals surface area contributed by atoms with Gasteiger partial charge in [-0.15, -0.1) is 10.2 Å². The zero-order valence-electron chi connectivity index (χ0n) is 13.8. The number of nitrogens with one attached hydrogen (secondary N) is 1. The van der Waals surface area contributed by atoms with Crippen molar-refractivity contribution in [1.82, 2.24) is 20.0 Å². The van der Waals surface area contributed by atoms with E-state index in [0.717, 1.165) is 33.7 Å². The molecular weight excluding hydrogens is 314 g/mol. The molecule has 4 aromatic rings. The van der Waals surface area contributed by atoms with Crippen molar-refractivity contribution in [2.75, 3.05) is 12.4 Å². The summed E-state index contributed by atoms with van der Waals surface area (Å²) in [7, 11) is 1.65. The molecule has 0 spiro atoms. The molecule has 0 fully saturated rings. The van der Waals surface area contributed by atoms with Gasteiger partial charge in [-0.2, -0.15) is 4.80 Å². The molecule has 124 valence electrons. The van der Waals surface area contributed by atoms with E-state index in [4.69, 9.17) is 4.74 Å². The highest BCUT2D eigenvalue weighted by atomic mass is 16.5. The zero-order valence-corrected chi connectivity index (χ0v) is 13.8. The standard InChI is InChI=1S/C19H17N5O/c1-25-17-7-5-16(6-8-17)24-22-18-9-4-15(11-19(18)23-24)21-13-14-3-2-10-20-12-14/h2-12,21H,13H2,1H3. The summed E-state index contributed by atoms with van der Waals surface area (Å²) in [6.07, 6.45) is 3.62. The van der Waals surface area contributed by atoms with Gasteiger partial charge in [0.25, 0.3) is 0 Å². The quantitative estimate of drug-likeness (QED) is 0.607. The third kappa shape index (κ3) is 3.28. The smallest absolute Gasteiger partial charge is 0.119 e. The first-order valence-corrected chi connectivity index (χ1v) is 7.96. The number of pyridine rings is 1. The maximum absolute atomic E-state index is 5.18. The van der Waals surface area contributed by atoms with Crippen molar-refractivity contribution in [2.24, 2.45) is 0 Å².